The molecule has 3 aromatic heterocycles. The molecule has 0 fully saturated rings. The molecule has 164 valence electrons. The molecule has 4 aromatic rings. The maximum absolute atomic E-state index is 13.1. The molecular formula is C21H16BrCl2N5O2S. The van der Waals surface area contributed by atoms with Gasteiger partial charge in [0.05, 0.1) is 50.0 Å². The van der Waals surface area contributed by atoms with Crippen molar-refractivity contribution in [1.29, 1.82) is 0 Å². The van der Waals surface area contributed by atoms with Crippen LogP contribution in [0.1, 0.15) is 21.6 Å². The second kappa shape index (κ2) is 9.19. The van der Waals surface area contributed by atoms with Crippen molar-refractivity contribution in [2.45, 2.75) is 13.8 Å². The van der Waals surface area contributed by atoms with Gasteiger partial charge in [-0.3, -0.25) is 9.78 Å². The van der Waals surface area contributed by atoms with Crippen molar-refractivity contribution >= 4 is 83.8 Å². The second-order valence-corrected chi connectivity index (χ2v) is 9.22. The lowest BCUT2D eigenvalue weighted by atomic mass is 10.2. The Morgan fingerprint density at radius 1 is 1.16 bits per heavy atom. The van der Waals surface area contributed by atoms with Crippen LogP contribution in [0.25, 0.3) is 10.2 Å². The van der Waals surface area contributed by atoms with Crippen LogP contribution in [0.3, 0.4) is 0 Å². The van der Waals surface area contributed by atoms with Crippen molar-refractivity contribution in [2.24, 2.45) is 0 Å². The van der Waals surface area contributed by atoms with Gasteiger partial charge in [-0.25, -0.2) is 9.97 Å². The van der Waals surface area contributed by atoms with Crippen LogP contribution in [0, 0.1) is 13.8 Å². The Balaban J connectivity index is 1.69. The monoisotopic (exact) mass is 551 g/mol. The molecule has 2 N–H and O–H groups in total. The van der Waals surface area contributed by atoms with Crippen LogP contribution in [0.15, 0.2) is 34.5 Å². The second-order valence-electron chi connectivity index (χ2n) is 6.79. The van der Waals surface area contributed by atoms with Crippen molar-refractivity contribution < 1.29 is 9.53 Å². The Hall–Kier alpha value is -2.46. The summed E-state index contributed by atoms with van der Waals surface area (Å²) in [5.41, 5.74) is 3.55. The number of carbonyl (C=O) groups is 1. The molecule has 0 bridgehead atoms. The summed E-state index contributed by atoms with van der Waals surface area (Å²) in [6.07, 6.45) is 3.13. The van der Waals surface area contributed by atoms with Crippen LogP contribution >= 0.6 is 50.5 Å². The average Bonchev–Trinajstić information content (AvgIpc) is 3.22. The number of hydrogen-bond acceptors (Lipinski definition) is 7. The number of aromatic nitrogens is 3. The molecule has 0 aliphatic carbocycles. The molecular weight excluding hydrogens is 537 g/mol. The summed E-state index contributed by atoms with van der Waals surface area (Å²) in [6.45, 7) is 3.71. The van der Waals surface area contributed by atoms with E-state index < -0.39 is 5.91 Å². The number of nitrogens with zero attached hydrogens (tertiary/aromatic N) is 3. The number of hydrogen-bond donors (Lipinski definition) is 2. The van der Waals surface area contributed by atoms with E-state index in [2.05, 4.69) is 41.5 Å². The molecule has 11 heteroatoms. The zero-order valence-electron chi connectivity index (χ0n) is 17.1. The zero-order chi connectivity index (χ0) is 23.0. The van der Waals surface area contributed by atoms with Gasteiger partial charge in [-0.05, 0) is 47.5 Å². The van der Waals surface area contributed by atoms with Crippen molar-refractivity contribution in [3.63, 3.8) is 0 Å². The first-order valence-corrected chi connectivity index (χ1v) is 11.7. The van der Waals surface area contributed by atoms with Crippen LogP contribution in [0.4, 0.5) is 17.2 Å². The molecule has 0 unspecified atom stereocenters. The van der Waals surface area contributed by atoms with Crippen molar-refractivity contribution in [3.8, 4) is 5.75 Å². The summed E-state index contributed by atoms with van der Waals surface area (Å²) in [4.78, 5) is 26.0. The van der Waals surface area contributed by atoms with Gasteiger partial charge in [0, 0.05) is 11.1 Å². The van der Waals surface area contributed by atoms with E-state index in [-0.39, 0.29) is 10.7 Å². The molecule has 0 saturated carbocycles. The number of pyridine rings is 1. The van der Waals surface area contributed by atoms with E-state index in [4.69, 9.17) is 27.9 Å². The first-order valence-electron chi connectivity index (χ1n) is 9.26. The Labute approximate surface area is 206 Å². The summed E-state index contributed by atoms with van der Waals surface area (Å²) in [6, 6.07) is 3.81. The standard InChI is InChI=1S/C21H16BrCl2N5O2S/c1-9-4-5-11(6-25-9)28-20-19-16(26-8-27-20)12(7-32-19)21(30)29-17-14(23)10(2)13(22)18(31-3)15(17)24/h4-8H,1-3H3,(H,29,30)(H,26,27,28). The number of amides is 1. The predicted octanol–water partition coefficient (Wildman–Crippen LogP) is 6.78. The lowest BCUT2D eigenvalue weighted by Crippen LogP contribution is -2.13. The van der Waals surface area contributed by atoms with E-state index in [1.54, 1.807) is 18.5 Å². The van der Waals surface area contributed by atoms with Gasteiger partial charge < -0.3 is 15.4 Å². The third kappa shape index (κ3) is 4.13. The Morgan fingerprint density at radius 3 is 2.62 bits per heavy atom. The van der Waals surface area contributed by atoms with E-state index in [9.17, 15) is 4.79 Å². The van der Waals surface area contributed by atoms with Crippen LogP contribution < -0.4 is 15.4 Å². The molecule has 1 amide bonds. The summed E-state index contributed by atoms with van der Waals surface area (Å²) >= 11 is 17.7. The Bertz CT molecular complexity index is 1340. The molecule has 0 radical (unpaired) electrons. The largest absolute Gasteiger partial charge is 0.494 e. The Kier molecular flexibility index (Phi) is 6.52. The summed E-state index contributed by atoms with van der Waals surface area (Å²) in [5.74, 6) is 0.576. The summed E-state index contributed by atoms with van der Waals surface area (Å²) < 4.78 is 6.72. The minimum atomic E-state index is -0.398. The molecule has 0 atom stereocenters. The highest BCUT2D eigenvalue weighted by atomic mass is 79.9. The van der Waals surface area contributed by atoms with Crippen LogP contribution in [0.5, 0.6) is 5.75 Å². The maximum atomic E-state index is 13.1. The molecule has 32 heavy (non-hydrogen) atoms. The van der Waals surface area contributed by atoms with Crippen LogP contribution in [-0.4, -0.2) is 28.0 Å². The third-order valence-corrected chi connectivity index (χ3v) is 7.48. The van der Waals surface area contributed by atoms with Gasteiger partial charge in [0.15, 0.2) is 11.6 Å². The fourth-order valence-electron chi connectivity index (χ4n) is 3.01. The fourth-order valence-corrected chi connectivity index (χ4v) is 5.34. The highest BCUT2D eigenvalue weighted by molar-refractivity contribution is 9.10. The Morgan fingerprint density at radius 2 is 1.94 bits per heavy atom. The molecule has 3 heterocycles. The minimum absolute atomic E-state index is 0.201. The lowest BCUT2D eigenvalue weighted by molar-refractivity contribution is 0.102. The number of carbonyl (C=O) groups excluding carboxylic acids is 1. The van der Waals surface area contributed by atoms with E-state index in [0.29, 0.717) is 37.7 Å². The quantitative estimate of drug-likeness (QED) is 0.284. The van der Waals surface area contributed by atoms with E-state index in [0.717, 1.165) is 16.1 Å². The summed E-state index contributed by atoms with van der Waals surface area (Å²) in [7, 11) is 1.49. The maximum Gasteiger partial charge on any atom is 0.258 e. The summed E-state index contributed by atoms with van der Waals surface area (Å²) in [5, 5.41) is 8.27. The number of benzene rings is 1. The number of nitrogens with one attached hydrogen (secondary N) is 2. The van der Waals surface area contributed by atoms with Crippen molar-refractivity contribution in [2.75, 3.05) is 17.7 Å². The molecule has 0 saturated heterocycles. The van der Waals surface area contributed by atoms with Gasteiger partial charge in [-0.15, -0.1) is 11.3 Å². The van der Waals surface area contributed by atoms with Crippen molar-refractivity contribution in [3.05, 3.63) is 61.4 Å². The third-order valence-electron chi connectivity index (χ3n) is 4.71. The zero-order valence-corrected chi connectivity index (χ0v) is 21.0. The van der Waals surface area contributed by atoms with Crippen molar-refractivity contribution in [1.82, 2.24) is 15.0 Å². The molecule has 1 aromatic carbocycles. The van der Waals surface area contributed by atoms with Gasteiger partial charge >= 0.3 is 0 Å². The van der Waals surface area contributed by atoms with E-state index in [1.807, 2.05) is 19.1 Å². The van der Waals surface area contributed by atoms with Gasteiger partial charge in [-0.2, -0.15) is 0 Å². The normalized spacial score (nSPS) is 10.9. The SMILES string of the molecule is COc1c(Cl)c(NC(=O)c2csc3c(Nc4ccc(C)nc4)ncnc23)c(Cl)c(C)c1Br. The van der Waals surface area contributed by atoms with Gasteiger partial charge in [0.1, 0.15) is 11.3 Å². The number of rotatable bonds is 5. The number of aryl methyl sites for hydroxylation is 1. The fraction of sp³-hybridized carbons (Fsp3) is 0.143. The molecule has 4 rings (SSSR count). The predicted molar refractivity (Wildman–Crippen MR) is 133 cm³/mol. The van der Waals surface area contributed by atoms with Gasteiger partial charge in [0.2, 0.25) is 0 Å². The molecule has 0 aliphatic rings. The first-order chi connectivity index (χ1) is 15.3. The number of fused-ring (bicyclic) bond motifs is 1. The number of anilines is 3. The van der Waals surface area contributed by atoms with Crippen LogP contribution in [0.2, 0.25) is 10.0 Å². The average molecular weight is 553 g/mol. The number of methoxy groups -OCH3 is 1. The smallest absolute Gasteiger partial charge is 0.258 e. The topological polar surface area (TPSA) is 89.0 Å². The molecule has 0 aliphatic heterocycles. The number of thiophene rings is 1. The highest BCUT2D eigenvalue weighted by Gasteiger charge is 2.23. The molecule has 7 nitrogen and oxygen atoms in total. The lowest BCUT2D eigenvalue weighted by Gasteiger charge is -2.16. The van der Waals surface area contributed by atoms with Gasteiger partial charge in [0.25, 0.3) is 5.91 Å². The van der Waals surface area contributed by atoms with Gasteiger partial charge in [-0.1, -0.05) is 23.2 Å². The minimum Gasteiger partial charge on any atom is -0.494 e. The molecule has 0 spiro atoms. The first kappa shape index (κ1) is 22.7. The number of halogens is 3. The van der Waals surface area contributed by atoms with E-state index in [1.165, 1.54) is 24.8 Å². The number of ether oxygens (including phenoxy) is 1. The van der Waals surface area contributed by atoms with E-state index >= 15 is 0 Å². The van der Waals surface area contributed by atoms with Crippen LogP contribution in [-0.2, 0) is 0 Å². The highest BCUT2D eigenvalue weighted by Crippen LogP contribution is 2.46.